The van der Waals surface area contributed by atoms with Crippen LogP contribution in [0.5, 0.6) is 0 Å². The minimum Gasteiger partial charge on any atom is -0.395 e. The molecule has 6 heteroatoms. The SMILES string of the molecule is CCCCN(CCO)CCO.OCCNCCO. The highest BCUT2D eigenvalue weighted by molar-refractivity contribution is 4.55. The van der Waals surface area contributed by atoms with E-state index in [1.165, 1.54) is 0 Å². The van der Waals surface area contributed by atoms with Gasteiger partial charge in [0.15, 0.2) is 0 Å². The highest BCUT2D eigenvalue weighted by Gasteiger charge is 2.00. The first-order chi connectivity index (χ1) is 8.76. The van der Waals surface area contributed by atoms with Gasteiger partial charge in [-0.15, -0.1) is 0 Å². The fraction of sp³-hybridized carbons (Fsp3) is 1.00. The quantitative estimate of drug-likeness (QED) is 0.296. The van der Waals surface area contributed by atoms with Gasteiger partial charge in [0, 0.05) is 26.2 Å². The van der Waals surface area contributed by atoms with E-state index in [1.807, 2.05) is 0 Å². The fourth-order valence-electron chi connectivity index (χ4n) is 1.28. The standard InChI is InChI=1S/C8H19NO2.C4H11NO2/c1-2-3-4-9(5-7-10)6-8-11;6-3-1-5-2-4-7/h10-11H,2-8H2,1H3;5-7H,1-4H2. The van der Waals surface area contributed by atoms with E-state index in [2.05, 4.69) is 17.1 Å². The molecule has 0 aliphatic carbocycles. The molecule has 112 valence electrons. The largest absolute Gasteiger partial charge is 0.395 e. The minimum atomic E-state index is 0.139. The van der Waals surface area contributed by atoms with Crippen molar-refractivity contribution < 1.29 is 20.4 Å². The molecule has 0 aromatic heterocycles. The number of hydrogen-bond acceptors (Lipinski definition) is 6. The Balaban J connectivity index is 0. The zero-order valence-corrected chi connectivity index (χ0v) is 11.5. The van der Waals surface area contributed by atoms with Crippen molar-refractivity contribution in [2.45, 2.75) is 19.8 Å². The average molecular weight is 266 g/mol. The van der Waals surface area contributed by atoms with Gasteiger partial charge in [0.05, 0.1) is 26.4 Å². The normalized spacial score (nSPS) is 10.3. The van der Waals surface area contributed by atoms with Crippen molar-refractivity contribution in [2.24, 2.45) is 0 Å². The third-order valence-corrected chi connectivity index (χ3v) is 2.24. The highest BCUT2D eigenvalue weighted by atomic mass is 16.3. The maximum Gasteiger partial charge on any atom is 0.0558 e. The first-order valence-corrected chi connectivity index (χ1v) is 6.63. The van der Waals surface area contributed by atoms with E-state index >= 15 is 0 Å². The van der Waals surface area contributed by atoms with E-state index in [0.29, 0.717) is 26.2 Å². The van der Waals surface area contributed by atoms with Crippen molar-refractivity contribution in [3.63, 3.8) is 0 Å². The number of rotatable bonds is 11. The van der Waals surface area contributed by atoms with Crippen LogP contribution < -0.4 is 5.32 Å². The Morgan fingerprint density at radius 2 is 1.28 bits per heavy atom. The van der Waals surface area contributed by atoms with Gasteiger partial charge in [0.25, 0.3) is 0 Å². The lowest BCUT2D eigenvalue weighted by molar-refractivity contribution is 0.159. The summed E-state index contributed by atoms with van der Waals surface area (Å²) in [5.41, 5.74) is 0. The molecule has 0 fully saturated rings. The maximum absolute atomic E-state index is 8.64. The van der Waals surface area contributed by atoms with Crippen molar-refractivity contribution in [3.05, 3.63) is 0 Å². The van der Waals surface area contributed by atoms with Gasteiger partial charge < -0.3 is 25.7 Å². The molecular weight excluding hydrogens is 236 g/mol. The molecule has 0 aromatic carbocycles. The van der Waals surface area contributed by atoms with E-state index in [1.54, 1.807) is 0 Å². The molecule has 0 bridgehead atoms. The first kappa shape index (κ1) is 20.1. The first-order valence-electron chi connectivity index (χ1n) is 6.63. The molecule has 0 saturated heterocycles. The Kier molecular flexibility index (Phi) is 21.3. The van der Waals surface area contributed by atoms with Crippen LogP contribution in [0.4, 0.5) is 0 Å². The second kappa shape index (κ2) is 19.1. The molecule has 0 amide bonds. The Hall–Kier alpha value is -0.240. The summed E-state index contributed by atoms with van der Waals surface area (Å²) < 4.78 is 0. The Morgan fingerprint density at radius 3 is 1.61 bits per heavy atom. The van der Waals surface area contributed by atoms with Crippen LogP contribution in [-0.2, 0) is 0 Å². The van der Waals surface area contributed by atoms with Gasteiger partial charge in [-0.25, -0.2) is 0 Å². The molecule has 0 atom stereocenters. The Bertz CT molecular complexity index is 129. The van der Waals surface area contributed by atoms with Gasteiger partial charge in [-0.1, -0.05) is 13.3 Å². The van der Waals surface area contributed by atoms with Crippen molar-refractivity contribution in [1.29, 1.82) is 0 Å². The van der Waals surface area contributed by atoms with Crippen LogP contribution >= 0.6 is 0 Å². The zero-order chi connectivity index (χ0) is 14.1. The summed E-state index contributed by atoms with van der Waals surface area (Å²) in [4.78, 5) is 2.07. The summed E-state index contributed by atoms with van der Waals surface area (Å²) in [5.74, 6) is 0. The summed E-state index contributed by atoms with van der Waals surface area (Å²) in [6, 6.07) is 0. The van der Waals surface area contributed by atoms with Crippen LogP contribution in [0.1, 0.15) is 19.8 Å². The summed E-state index contributed by atoms with van der Waals surface area (Å²) in [5, 5.41) is 36.4. The lowest BCUT2D eigenvalue weighted by Gasteiger charge is -2.19. The van der Waals surface area contributed by atoms with Crippen LogP contribution in [0.3, 0.4) is 0 Å². The van der Waals surface area contributed by atoms with Crippen molar-refractivity contribution in [1.82, 2.24) is 10.2 Å². The van der Waals surface area contributed by atoms with E-state index in [9.17, 15) is 0 Å². The number of nitrogens with one attached hydrogen (secondary N) is 1. The van der Waals surface area contributed by atoms with Crippen LogP contribution in [0, 0.1) is 0 Å². The van der Waals surface area contributed by atoms with E-state index in [4.69, 9.17) is 20.4 Å². The Labute approximate surface area is 110 Å². The fourth-order valence-corrected chi connectivity index (χ4v) is 1.28. The van der Waals surface area contributed by atoms with Gasteiger partial charge in [0.1, 0.15) is 0 Å². The van der Waals surface area contributed by atoms with Crippen LogP contribution in [-0.4, -0.2) is 84.5 Å². The van der Waals surface area contributed by atoms with Crippen LogP contribution in [0.25, 0.3) is 0 Å². The monoisotopic (exact) mass is 266 g/mol. The molecule has 0 aliphatic rings. The summed E-state index contributed by atoms with van der Waals surface area (Å²) >= 11 is 0. The minimum absolute atomic E-state index is 0.139. The van der Waals surface area contributed by atoms with Crippen LogP contribution in [0.15, 0.2) is 0 Å². The summed E-state index contributed by atoms with van der Waals surface area (Å²) in [6.45, 7) is 6.27. The Morgan fingerprint density at radius 1 is 0.778 bits per heavy atom. The lowest BCUT2D eigenvalue weighted by Crippen LogP contribution is -2.30. The van der Waals surface area contributed by atoms with Gasteiger partial charge in [-0.2, -0.15) is 0 Å². The second-order valence-electron chi connectivity index (χ2n) is 3.84. The molecular formula is C12H30N2O4. The molecule has 0 heterocycles. The molecule has 6 nitrogen and oxygen atoms in total. The van der Waals surface area contributed by atoms with Crippen LogP contribution in [0.2, 0.25) is 0 Å². The lowest BCUT2D eigenvalue weighted by atomic mass is 10.3. The molecule has 0 spiro atoms. The molecule has 0 aliphatic heterocycles. The third kappa shape index (κ3) is 18.1. The molecule has 0 rings (SSSR count). The van der Waals surface area contributed by atoms with Gasteiger partial charge in [-0.3, -0.25) is 4.90 Å². The average Bonchev–Trinajstić information content (AvgIpc) is 2.38. The van der Waals surface area contributed by atoms with Gasteiger partial charge in [-0.05, 0) is 13.0 Å². The number of aliphatic hydroxyl groups is 4. The third-order valence-electron chi connectivity index (χ3n) is 2.24. The zero-order valence-electron chi connectivity index (χ0n) is 11.5. The van der Waals surface area contributed by atoms with Crippen molar-refractivity contribution >= 4 is 0 Å². The second-order valence-corrected chi connectivity index (χ2v) is 3.84. The number of aliphatic hydroxyl groups excluding tert-OH is 4. The molecule has 0 unspecified atom stereocenters. The molecule has 0 saturated carbocycles. The van der Waals surface area contributed by atoms with Crippen molar-refractivity contribution in [2.75, 3.05) is 59.2 Å². The summed E-state index contributed by atoms with van der Waals surface area (Å²) in [7, 11) is 0. The molecule has 5 N–H and O–H groups in total. The van der Waals surface area contributed by atoms with Crippen molar-refractivity contribution in [3.8, 4) is 0 Å². The summed E-state index contributed by atoms with van der Waals surface area (Å²) in [6.07, 6.45) is 2.30. The molecule has 0 radical (unpaired) electrons. The van der Waals surface area contributed by atoms with E-state index in [-0.39, 0.29) is 26.4 Å². The highest BCUT2D eigenvalue weighted by Crippen LogP contribution is 1.93. The van der Waals surface area contributed by atoms with Gasteiger partial charge >= 0.3 is 0 Å². The van der Waals surface area contributed by atoms with E-state index in [0.717, 1.165) is 19.4 Å². The number of unbranched alkanes of at least 4 members (excludes halogenated alkanes) is 1. The maximum atomic E-state index is 8.64. The number of hydrogen-bond donors (Lipinski definition) is 5. The topological polar surface area (TPSA) is 96.2 Å². The predicted octanol–water partition coefficient (Wildman–Crippen LogP) is -1.37. The molecule has 18 heavy (non-hydrogen) atoms. The molecule has 0 aromatic rings. The number of nitrogens with zero attached hydrogens (tertiary/aromatic N) is 1. The smallest absolute Gasteiger partial charge is 0.0558 e. The predicted molar refractivity (Wildman–Crippen MR) is 72.6 cm³/mol. The van der Waals surface area contributed by atoms with E-state index < -0.39 is 0 Å². The van der Waals surface area contributed by atoms with Gasteiger partial charge in [0.2, 0.25) is 0 Å².